The first-order chi connectivity index (χ1) is 31.4. The molecule has 0 fully saturated rings. The van der Waals surface area contributed by atoms with Crippen molar-refractivity contribution in [1.29, 1.82) is 0 Å². The van der Waals surface area contributed by atoms with Crippen LogP contribution in [0.4, 0.5) is 22.7 Å². The molecule has 0 unspecified atom stereocenters. The highest BCUT2D eigenvalue weighted by molar-refractivity contribution is 6.41. The molecule has 0 bridgehead atoms. The Morgan fingerprint density at radius 1 is 0.373 bits per heavy atom. The Labute approximate surface area is 407 Å². The number of nitrogens with zero attached hydrogens (tertiary/aromatic N) is 5. The van der Waals surface area contributed by atoms with Crippen molar-refractivity contribution >= 4 is 45.6 Å². The first-order valence-corrected chi connectivity index (χ1v) is 25.3. The summed E-state index contributed by atoms with van der Waals surface area (Å²) < 4.78 is 0. The first-order valence-electron chi connectivity index (χ1n) is 25.3. The maximum atomic E-state index is 5.43. The normalized spacial score (nSPS) is 13.4. The highest BCUT2D eigenvalue weighted by Gasteiger charge is 2.21. The molecule has 356 valence electrons. The Kier molecular flexibility index (Phi) is 17.8. The average Bonchev–Trinajstić information content (AvgIpc) is 3.26. The zero-order valence-corrected chi connectivity index (χ0v) is 45.1. The van der Waals surface area contributed by atoms with Gasteiger partial charge in [0.2, 0.25) is 0 Å². The minimum absolute atomic E-state index is 0.279. The molecule has 0 aliphatic heterocycles. The van der Waals surface area contributed by atoms with Crippen LogP contribution in [0.1, 0.15) is 253 Å². The minimum atomic E-state index is 0.279. The SMILES string of the molecule is CC(=Nc1cc(C(C)C)cc(C(C)C)c1)C(C)=Nc1c(C(C)C)cc(Cc2cc(C(C)C)c(N=C(C)c3cccc(C(C)=Nc4cc(C(C)C)cc(C(C)C)c4)n3)c(C(C)C)c2)cc1C(C)C. The molecule has 0 saturated carbocycles. The Morgan fingerprint density at radius 2 is 0.687 bits per heavy atom. The number of rotatable bonds is 17. The van der Waals surface area contributed by atoms with E-state index in [1.54, 1.807) is 0 Å². The minimum Gasteiger partial charge on any atom is -0.252 e. The molecule has 0 atom stereocenters. The van der Waals surface area contributed by atoms with E-state index in [0.29, 0.717) is 35.5 Å². The average molecular weight is 898 g/mol. The topological polar surface area (TPSA) is 62.3 Å². The standard InChI is InChI=1S/C62H83N5/c1-35(2)49-29-50(36(3)4)32-53(31-49)63-43(17)44(18)65-61-55(39(9)10)25-47(26-56(61)40(11)12)24-48-27-57(41(13)14)62(58(28-48)42(15)16)66-46(20)60-23-21-22-59(67-60)45(19)64-54-33-51(37(5)6)30-52(34-54)38(7)8/h21-23,25-42H,24H2,1-20H3. The first kappa shape index (κ1) is 52.7. The predicted octanol–water partition coefficient (Wildman–Crippen LogP) is 18.8. The molecule has 0 aliphatic carbocycles. The molecule has 1 aromatic heterocycles. The van der Waals surface area contributed by atoms with Gasteiger partial charge in [0.1, 0.15) is 0 Å². The molecule has 0 spiro atoms. The maximum absolute atomic E-state index is 5.43. The van der Waals surface area contributed by atoms with Crippen molar-refractivity contribution in [3.05, 3.63) is 146 Å². The molecular weight excluding hydrogens is 815 g/mol. The largest absolute Gasteiger partial charge is 0.252 e. The predicted molar refractivity (Wildman–Crippen MR) is 295 cm³/mol. The lowest BCUT2D eigenvalue weighted by molar-refractivity contribution is 0.824. The molecule has 67 heavy (non-hydrogen) atoms. The second-order valence-electron chi connectivity index (χ2n) is 21.6. The third-order valence-corrected chi connectivity index (χ3v) is 13.1. The van der Waals surface area contributed by atoms with Crippen molar-refractivity contribution in [3.8, 4) is 0 Å². The number of aliphatic imine (C=N–C) groups is 4. The summed E-state index contributed by atoms with van der Waals surface area (Å²) in [5, 5.41) is 0. The van der Waals surface area contributed by atoms with Gasteiger partial charge in [-0.05, 0) is 173 Å². The van der Waals surface area contributed by atoms with E-state index in [0.717, 1.165) is 63.4 Å². The highest BCUT2D eigenvalue weighted by Crippen LogP contribution is 2.40. The number of aromatic nitrogens is 1. The summed E-state index contributed by atoms with van der Waals surface area (Å²) in [6.07, 6.45) is 0.830. The van der Waals surface area contributed by atoms with Crippen molar-refractivity contribution in [2.75, 3.05) is 0 Å². The van der Waals surface area contributed by atoms with E-state index in [9.17, 15) is 0 Å². The van der Waals surface area contributed by atoms with Gasteiger partial charge in [-0.25, -0.2) is 4.98 Å². The molecule has 0 N–H and O–H groups in total. The second-order valence-corrected chi connectivity index (χ2v) is 21.6. The second kappa shape index (κ2) is 22.7. The Hall–Kier alpha value is -5.29. The van der Waals surface area contributed by atoms with E-state index in [-0.39, 0.29) is 11.8 Å². The summed E-state index contributed by atoms with van der Waals surface area (Å²) in [6.45, 7) is 44.6. The lowest BCUT2D eigenvalue weighted by Crippen LogP contribution is -2.07. The van der Waals surface area contributed by atoms with Crippen molar-refractivity contribution in [3.63, 3.8) is 0 Å². The number of hydrogen-bond acceptors (Lipinski definition) is 5. The van der Waals surface area contributed by atoms with Crippen LogP contribution in [-0.4, -0.2) is 27.8 Å². The molecule has 0 aliphatic rings. The van der Waals surface area contributed by atoms with Gasteiger partial charge in [0.25, 0.3) is 0 Å². The molecule has 5 nitrogen and oxygen atoms in total. The summed E-state index contributed by atoms with van der Waals surface area (Å²) in [7, 11) is 0. The molecule has 5 heteroatoms. The smallest absolute Gasteiger partial charge is 0.0849 e. The zero-order chi connectivity index (χ0) is 49.6. The van der Waals surface area contributed by atoms with E-state index in [2.05, 4.69) is 217 Å². The molecule has 0 saturated heterocycles. The molecule has 5 aromatic rings. The fraction of sp³-hybridized carbons (Fsp3) is 0.468. The Bertz CT molecular complexity index is 2550. The highest BCUT2D eigenvalue weighted by atomic mass is 14.8. The zero-order valence-electron chi connectivity index (χ0n) is 45.1. The fourth-order valence-electron chi connectivity index (χ4n) is 8.56. The van der Waals surface area contributed by atoms with E-state index in [1.165, 1.54) is 55.6 Å². The van der Waals surface area contributed by atoms with Gasteiger partial charge in [-0.15, -0.1) is 0 Å². The lowest BCUT2D eigenvalue weighted by Gasteiger charge is -2.22. The van der Waals surface area contributed by atoms with Crippen LogP contribution < -0.4 is 0 Å². The van der Waals surface area contributed by atoms with E-state index >= 15 is 0 Å². The quantitative estimate of drug-likeness (QED) is 0.0858. The van der Waals surface area contributed by atoms with Crippen LogP contribution in [0.25, 0.3) is 0 Å². The van der Waals surface area contributed by atoms with Crippen molar-refractivity contribution in [2.24, 2.45) is 20.0 Å². The Morgan fingerprint density at radius 3 is 1.03 bits per heavy atom. The van der Waals surface area contributed by atoms with Crippen LogP contribution >= 0.6 is 0 Å². The van der Waals surface area contributed by atoms with Gasteiger partial charge in [0.15, 0.2) is 0 Å². The molecule has 0 radical (unpaired) electrons. The monoisotopic (exact) mass is 898 g/mol. The maximum Gasteiger partial charge on any atom is 0.0849 e. The third-order valence-electron chi connectivity index (χ3n) is 13.1. The third kappa shape index (κ3) is 13.5. The van der Waals surface area contributed by atoms with Gasteiger partial charge in [-0.2, -0.15) is 0 Å². The van der Waals surface area contributed by atoms with Crippen molar-refractivity contribution in [1.82, 2.24) is 4.98 Å². The van der Waals surface area contributed by atoms with Gasteiger partial charge in [0.05, 0.1) is 57.0 Å². The molecular formula is C62H83N5. The molecule has 5 rings (SSSR count). The van der Waals surface area contributed by atoms with Crippen LogP contribution in [0.3, 0.4) is 0 Å². The van der Waals surface area contributed by atoms with Gasteiger partial charge in [-0.1, -0.05) is 153 Å². The summed E-state index contributed by atoms with van der Waals surface area (Å²) in [6, 6.07) is 29.4. The molecule has 4 aromatic carbocycles. The van der Waals surface area contributed by atoms with E-state index < -0.39 is 0 Å². The van der Waals surface area contributed by atoms with Gasteiger partial charge < -0.3 is 0 Å². The van der Waals surface area contributed by atoms with Crippen molar-refractivity contribution in [2.45, 2.75) is 192 Å². The summed E-state index contributed by atoms with van der Waals surface area (Å²) in [5.74, 6) is 2.89. The lowest BCUT2D eigenvalue weighted by atomic mass is 9.86. The van der Waals surface area contributed by atoms with Crippen LogP contribution in [0, 0.1) is 0 Å². The fourth-order valence-corrected chi connectivity index (χ4v) is 8.56. The van der Waals surface area contributed by atoms with Gasteiger partial charge in [-0.3, -0.25) is 20.0 Å². The van der Waals surface area contributed by atoms with E-state index in [4.69, 9.17) is 25.0 Å². The Balaban J connectivity index is 1.53. The van der Waals surface area contributed by atoms with Crippen LogP contribution in [0.5, 0.6) is 0 Å². The van der Waals surface area contributed by atoms with Gasteiger partial charge >= 0.3 is 0 Å². The summed E-state index contributed by atoms with van der Waals surface area (Å²) >= 11 is 0. The van der Waals surface area contributed by atoms with Crippen LogP contribution in [0.15, 0.2) is 98.8 Å². The van der Waals surface area contributed by atoms with Gasteiger partial charge in [0, 0.05) is 0 Å². The van der Waals surface area contributed by atoms with Crippen LogP contribution in [0.2, 0.25) is 0 Å². The number of pyridine rings is 1. The van der Waals surface area contributed by atoms with Crippen molar-refractivity contribution < 1.29 is 0 Å². The summed E-state index contributed by atoms with van der Waals surface area (Å²) in [4.78, 5) is 26.2. The molecule has 0 amide bonds. The molecule has 1 heterocycles. The number of hydrogen-bond donors (Lipinski definition) is 0. The number of benzene rings is 4. The van der Waals surface area contributed by atoms with Crippen LogP contribution in [-0.2, 0) is 6.42 Å². The summed E-state index contributed by atoms with van der Waals surface area (Å²) in [5.41, 5.74) is 22.5. The van der Waals surface area contributed by atoms with E-state index in [1.807, 2.05) is 0 Å².